The Labute approximate surface area is 125 Å². The molecule has 0 saturated carbocycles. The van der Waals surface area contributed by atoms with Gasteiger partial charge in [-0.3, -0.25) is 0 Å². The summed E-state index contributed by atoms with van der Waals surface area (Å²) in [5, 5.41) is 16.3. The summed E-state index contributed by atoms with van der Waals surface area (Å²) in [7, 11) is 1.25. The van der Waals surface area contributed by atoms with Gasteiger partial charge in [-0.2, -0.15) is 5.26 Å². The number of hydrogen-bond donors (Lipinski definition) is 0. The normalized spacial score (nSPS) is 9.81. The van der Waals surface area contributed by atoms with Gasteiger partial charge in [0.2, 0.25) is 0 Å². The fraction of sp³-hybridized carbons (Fsp3) is 0.143. The van der Waals surface area contributed by atoms with E-state index in [4.69, 9.17) is 26.3 Å². The van der Waals surface area contributed by atoms with E-state index in [2.05, 4.69) is 10.2 Å². The van der Waals surface area contributed by atoms with Crippen LogP contribution in [0.4, 0.5) is 0 Å². The molecule has 0 bridgehead atoms. The van der Waals surface area contributed by atoms with E-state index in [-0.39, 0.29) is 16.6 Å². The van der Waals surface area contributed by atoms with Crippen LogP contribution >= 0.6 is 11.6 Å². The Morgan fingerprint density at radius 3 is 2.52 bits per heavy atom. The smallest absolute Gasteiger partial charge is 0.343 e. The van der Waals surface area contributed by atoms with Crippen LogP contribution in [0.15, 0.2) is 24.3 Å². The van der Waals surface area contributed by atoms with Gasteiger partial charge in [-0.05, 0) is 31.2 Å². The number of esters is 1. The predicted molar refractivity (Wildman–Crippen MR) is 74.3 cm³/mol. The minimum absolute atomic E-state index is 0.00606. The van der Waals surface area contributed by atoms with Gasteiger partial charge < -0.3 is 9.47 Å². The Morgan fingerprint density at radius 2 is 1.95 bits per heavy atom. The topological polar surface area (TPSA) is 85.1 Å². The van der Waals surface area contributed by atoms with Crippen molar-refractivity contribution in [3.63, 3.8) is 0 Å². The predicted octanol–water partition coefficient (Wildman–Crippen LogP) is 2.89. The highest BCUT2D eigenvalue weighted by Gasteiger charge is 2.21. The molecule has 0 amide bonds. The first-order valence-corrected chi connectivity index (χ1v) is 6.23. The van der Waals surface area contributed by atoms with Crippen LogP contribution in [0.2, 0.25) is 5.15 Å². The second-order valence-electron chi connectivity index (χ2n) is 4.03. The number of benzene rings is 1. The van der Waals surface area contributed by atoms with Gasteiger partial charge in [0.1, 0.15) is 11.3 Å². The SMILES string of the molecule is COC(=O)c1c(Oc2ccc(C#N)cc2)nnc(Cl)c1C. The number of aromatic nitrogens is 2. The molecule has 0 spiro atoms. The maximum Gasteiger partial charge on any atom is 0.343 e. The van der Waals surface area contributed by atoms with Gasteiger partial charge in [0, 0.05) is 5.56 Å². The van der Waals surface area contributed by atoms with Crippen molar-refractivity contribution < 1.29 is 14.3 Å². The van der Waals surface area contributed by atoms with Crippen molar-refractivity contribution in [3.8, 4) is 17.7 Å². The minimum Gasteiger partial charge on any atom is -0.465 e. The van der Waals surface area contributed by atoms with Crippen molar-refractivity contribution in [3.05, 3.63) is 46.1 Å². The average Bonchev–Trinajstić information content (AvgIpc) is 2.51. The number of carbonyl (C=O) groups is 1. The van der Waals surface area contributed by atoms with Crippen molar-refractivity contribution in [2.24, 2.45) is 0 Å². The highest BCUT2D eigenvalue weighted by molar-refractivity contribution is 6.30. The second kappa shape index (κ2) is 6.20. The van der Waals surface area contributed by atoms with Crippen LogP contribution < -0.4 is 4.74 Å². The molecule has 1 aromatic carbocycles. The molecule has 0 fully saturated rings. The van der Waals surface area contributed by atoms with E-state index in [1.807, 2.05) is 6.07 Å². The number of ether oxygens (including phenoxy) is 2. The zero-order valence-corrected chi connectivity index (χ0v) is 12.0. The molecule has 7 heteroatoms. The number of rotatable bonds is 3. The molecule has 0 radical (unpaired) electrons. The second-order valence-corrected chi connectivity index (χ2v) is 4.38. The van der Waals surface area contributed by atoms with Crippen molar-refractivity contribution in [1.29, 1.82) is 5.26 Å². The molecule has 21 heavy (non-hydrogen) atoms. The summed E-state index contributed by atoms with van der Waals surface area (Å²) in [6.45, 7) is 1.62. The standard InChI is InChI=1S/C14H10ClN3O3/c1-8-11(14(19)20-2)13(18-17-12(8)15)21-10-5-3-9(7-16)4-6-10/h3-6H,1-2H3. The van der Waals surface area contributed by atoms with Crippen LogP contribution in [0.1, 0.15) is 21.5 Å². The maximum absolute atomic E-state index is 11.8. The Hall–Kier alpha value is -2.65. The summed E-state index contributed by atoms with van der Waals surface area (Å²) in [5.74, 6) is -0.212. The third kappa shape index (κ3) is 3.09. The van der Waals surface area contributed by atoms with Gasteiger partial charge in [0.25, 0.3) is 5.88 Å². The summed E-state index contributed by atoms with van der Waals surface area (Å²) < 4.78 is 10.2. The maximum atomic E-state index is 11.8. The summed E-state index contributed by atoms with van der Waals surface area (Å²) >= 11 is 5.86. The third-order valence-electron chi connectivity index (χ3n) is 2.71. The lowest BCUT2D eigenvalue weighted by molar-refractivity contribution is 0.0596. The molecule has 2 aromatic rings. The van der Waals surface area contributed by atoms with E-state index in [0.717, 1.165) is 0 Å². The highest BCUT2D eigenvalue weighted by atomic mass is 35.5. The highest BCUT2D eigenvalue weighted by Crippen LogP contribution is 2.28. The first-order valence-electron chi connectivity index (χ1n) is 5.86. The summed E-state index contributed by atoms with van der Waals surface area (Å²) in [6.07, 6.45) is 0. The van der Waals surface area contributed by atoms with E-state index in [0.29, 0.717) is 16.9 Å². The van der Waals surface area contributed by atoms with Crippen molar-refractivity contribution in [2.75, 3.05) is 7.11 Å². The average molecular weight is 304 g/mol. The lowest BCUT2D eigenvalue weighted by Gasteiger charge is -2.10. The summed E-state index contributed by atoms with van der Waals surface area (Å²) in [4.78, 5) is 11.8. The molecule has 0 atom stereocenters. The van der Waals surface area contributed by atoms with E-state index >= 15 is 0 Å². The van der Waals surface area contributed by atoms with E-state index in [9.17, 15) is 4.79 Å². The molecule has 0 aliphatic carbocycles. The molecule has 0 aliphatic heterocycles. The Balaban J connectivity index is 2.41. The number of carbonyl (C=O) groups excluding carboxylic acids is 1. The molecule has 0 aliphatic rings. The van der Waals surface area contributed by atoms with Gasteiger partial charge in [-0.25, -0.2) is 4.79 Å². The molecule has 0 N–H and O–H groups in total. The van der Waals surface area contributed by atoms with E-state index in [1.165, 1.54) is 7.11 Å². The Kier molecular flexibility index (Phi) is 4.36. The molecule has 0 saturated heterocycles. The number of halogens is 1. The summed E-state index contributed by atoms with van der Waals surface area (Å²) in [5.41, 5.74) is 1.03. The molecule has 6 nitrogen and oxygen atoms in total. The van der Waals surface area contributed by atoms with Gasteiger partial charge in [-0.1, -0.05) is 11.6 Å². The quantitative estimate of drug-likeness (QED) is 0.810. The van der Waals surface area contributed by atoms with Crippen molar-refractivity contribution in [1.82, 2.24) is 10.2 Å². The molecule has 106 valence electrons. The molecule has 0 unspecified atom stereocenters. The zero-order valence-electron chi connectivity index (χ0n) is 11.3. The van der Waals surface area contributed by atoms with Crippen LogP contribution in [0.3, 0.4) is 0 Å². The van der Waals surface area contributed by atoms with Crippen LogP contribution in [0.5, 0.6) is 11.6 Å². The minimum atomic E-state index is -0.618. The first kappa shape index (κ1) is 14.8. The largest absolute Gasteiger partial charge is 0.465 e. The Bertz CT molecular complexity index is 723. The van der Waals surface area contributed by atoms with Crippen molar-refractivity contribution in [2.45, 2.75) is 6.92 Å². The van der Waals surface area contributed by atoms with Gasteiger partial charge in [0.05, 0.1) is 18.7 Å². The van der Waals surface area contributed by atoms with E-state index < -0.39 is 5.97 Å². The van der Waals surface area contributed by atoms with Gasteiger partial charge in [-0.15, -0.1) is 10.2 Å². The number of hydrogen-bond acceptors (Lipinski definition) is 6. The lowest BCUT2D eigenvalue weighted by atomic mass is 10.2. The zero-order chi connectivity index (χ0) is 15.4. The molecule has 1 heterocycles. The van der Waals surface area contributed by atoms with Crippen LogP contribution in [0.25, 0.3) is 0 Å². The number of nitrogens with zero attached hydrogens (tertiary/aromatic N) is 3. The number of methoxy groups -OCH3 is 1. The fourth-order valence-electron chi connectivity index (χ4n) is 1.60. The Morgan fingerprint density at radius 1 is 1.29 bits per heavy atom. The first-order chi connectivity index (χ1) is 10.1. The number of nitriles is 1. The fourth-order valence-corrected chi connectivity index (χ4v) is 1.73. The van der Waals surface area contributed by atoms with Gasteiger partial charge in [0.15, 0.2) is 5.15 Å². The van der Waals surface area contributed by atoms with Crippen LogP contribution in [-0.4, -0.2) is 23.3 Å². The monoisotopic (exact) mass is 303 g/mol. The lowest BCUT2D eigenvalue weighted by Crippen LogP contribution is -2.09. The third-order valence-corrected chi connectivity index (χ3v) is 3.07. The van der Waals surface area contributed by atoms with E-state index in [1.54, 1.807) is 31.2 Å². The van der Waals surface area contributed by atoms with Crippen LogP contribution in [0, 0.1) is 18.3 Å². The van der Waals surface area contributed by atoms with Crippen LogP contribution in [-0.2, 0) is 4.74 Å². The molecule has 2 rings (SSSR count). The molecule has 1 aromatic heterocycles. The molecular weight excluding hydrogens is 294 g/mol. The van der Waals surface area contributed by atoms with Crippen molar-refractivity contribution >= 4 is 17.6 Å². The molecular formula is C14H10ClN3O3. The summed E-state index contributed by atoms with van der Waals surface area (Å²) in [6, 6.07) is 8.35. The van der Waals surface area contributed by atoms with Gasteiger partial charge >= 0.3 is 5.97 Å².